The number of benzene rings is 2. The van der Waals surface area contributed by atoms with Crippen LogP contribution in [0.3, 0.4) is 0 Å². The van der Waals surface area contributed by atoms with Gasteiger partial charge in [0, 0.05) is 6.54 Å². The Labute approximate surface area is 140 Å². The average molecular weight is 358 g/mol. The number of ether oxygens (including phenoxy) is 1. The van der Waals surface area contributed by atoms with E-state index in [2.05, 4.69) is 4.72 Å². The molecule has 0 heterocycles. The molecule has 124 valence electrons. The van der Waals surface area contributed by atoms with Gasteiger partial charge in [-0.25, -0.2) is 17.5 Å². The van der Waals surface area contributed by atoms with Crippen LogP contribution in [-0.2, 0) is 16.4 Å². The van der Waals surface area contributed by atoms with Crippen molar-refractivity contribution >= 4 is 21.6 Å². The van der Waals surface area contributed by atoms with Crippen LogP contribution in [0.5, 0.6) is 5.75 Å². The molecule has 0 amide bonds. The van der Waals surface area contributed by atoms with Crippen molar-refractivity contribution < 1.29 is 17.5 Å². The van der Waals surface area contributed by atoms with Crippen molar-refractivity contribution in [3.63, 3.8) is 0 Å². The number of nitrogens with one attached hydrogen (secondary N) is 1. The van der Waals surface area contributed by atoms with Crippen LogP contribution in [0.15, 0.2) is 41.3 Å². The minimum Gasteiger partial charge on any atom is -0.496 e. The van der Waals surface area contributed by atoms with Crippen LogP contribution >= 0.6 is 11.6 Å². The van der Waals surface area contributed by atoms with E-state index in [0.717, 1.165) is 23.3 Å². The van der Waals surface area contributed by atoms with E-state index >= 15 is 0 Å². The maximum absolute atomic E-state index is 13.1. The molecule has 7 heteroatoms. The van der Waals surface area contributed by atoms with Crippen molar-refractivity contribution in [3.8, 4) is 5.75 Å². The summed E-state index contributed by atoms with van der Waals surface area (Å²) in [5.41, 5.74) is 1.97. The molecule has 0 aliphatic heterocycles. The first-order chi connectivity index (χ1) is 10.8. The minimum atomic E-state index is -3.74. The molecule has 0 fully saturated rings. The first kappa shape index (κ1) is 17.7. The summed E-state index contributed by atoms with van der Waals surface area (Å²) >= 11 is 5.62. The highest BCUT2D eigenvalue weighted by Crippen LogP contribution is 2.21. The molecule has 0 aliphatic rings. The van der Waals surface area contributed by atoms with Gasteiger partial charge < -0.3 is 4.74 Å². The molecule has 2 aromatic carbocycles. The Bertz CT molecular complexity index is 809. The molecule has 0 atom stereocenters. The van der Waals surface area contributed by atoms with Gasteiger partial charge in [-0.1, -0.05) is 29.3 Å². The van der Waals surface area contributed by atoms with Crippen molar-refractivity contribution in [1.29, 1.82) is 0 Å². The standard InChI is InChI=1S/C16H17ClFNO3S/c1-11-3-6-16(22-2)12(9-11)7-8-19-23(20,21)13-4-5-15(18)14(17)10-13/h3-6,9-10,19H,7-8H2,1-2H3. The Balaban J connectivity index is 2.08. The van der Waals surface area contributed by atoms with Gasteiger partial charge in [0.25, 0.3) is 0 Å². The van der Waals surface area contributed by atoms with E-state index in [4.69, 9.17) is 16.3 Å². The fourth-order valence-corrected chi connectivity index (χ4v) is 3.45. The van der Waals surface area contributed by atoms with Crippen LogP contribution in [0.25, 0.3) is 0 Å². The zero-order valence-corrected chi connectivity index (χ0v) is 14.3. The Kier molecular flexibility index (Phi) is 5.62. The number of hydrogen-bond acceptors (Lipinski definition) is 3. The average Bonchev–Trinajstić information content (AvgIpc) is 2.50. The van der Waals surface area contributed by atoms with Crippen molar-refractivity contribution in [3.05, 3.63) is 58.4 Å². The summed E-state index contributed by atoms with van der Waals surface area (Å²) in [6.45, 7) is 2.14. The normalized spacial score (nSPS) is 11.5. The molecule has 2 aromatic rings. The maximum atomic E-state index is 13.1. The highest BCUT2D eigenvalue weighted by atomic mass is 35.5. The lowest BCUT2D eigenvalue weighted by molar-refractivity contribution is 0.409. The molecule has 0 radical (unpaired) electrons. The molecule has 1 N–H and O–H groups in total. The van der Waals surface area contributed by atoms with E-state index in [9.17, 15) is 12.8 Å². The van der Waals surface area contributed by atoms with E-state index in [0.29, 0.717) is 12.2 Å². The number of methoxy groups -OCH3 is 1. The molecule has 23 heavy (non-hydrogen) atoms. The molecule has 0 aromatic heterocycles. The molecule has 0 bridgehead atoms. The largest absolute Gasteiger partial charge is 0.496 e. The molecule has 0 saturated carbocycles. The van der Waals surface area contributed by atoms with Gasteiger partial charge in [0.2, 0.25) is 10.0 Å². The van der Waals surface area contributed by atoms with Crippen LogP contribution in [0, 0.1) is 12.7 Å². The number of halogens is 2. The summed E-state index contributed by atoms with van der Waals surface area (Å²) in [6, 6.07) is 9.01. The van der Waals surface area contributed by atoms with Crippen LogP contribution in [0.4, 0.5) is 4.39 Å². The van der Waals surface area contributed by atoms with Gasteiger partial charge in [0.1, 0.15) is 11.6 Å². The van der Waals surface area contributed by atoms with Gasteiger partial charge >= 0.3 is 0 Å². The highest BCUT2D eigenvalue weighted by molar-refractivity contribution is 7.89. The smallest absolute Gasteiger partial charge is 0.240 e. The van der Waals surface area contributed by atoms with Crippen molar-refractivity contribution in [2.24, 2.45) is 0 Å². The molecule has 4 nitrogen and oxygen atoms in total. The first-order valence-corrected chi connectivity index (χ1v) is 8.78. The summed E-state index contributed by atoms with van der Waals surface area (Å²) in [5.74, 6) is 0.0507. The summed E-state index contributed by atoms with van der Waals surface area (Å²) < 4.78 is 45.2. The summed E-state index contributed by atoms with van der Waals surface area (Å²) in [4.78, 5) is -0.0693. The zero-order chi connectivity index (χ0) is 17.0. The zero-order valence-electron chi connectivity index (χ0n) is 12.8. The Morgan fingerprint density at radius 3 is 2.61 bits per heavy atom. The molecular weight excluding hydrogens is 341 g/mol. The van der Waals surface area contributed by atoms with Crippen molar-refractivity contribution in [2.75, 3.05) is 13.7 Å². The lowest BCUT2D eigenvalue weighted by Crippen LogP contribution is -2.26. The predicted molar refractivity (Wildman–Crippen MR) is 88.0 cm³/mol. The molecule has 0 spiro atoms. The third kappa shape index (κ3) is 4.43. The topological polar surface area (TPSA) is 55.4 Å². The number of rotatable bonds is 6. The summed E-state index contributed by atoms with van der Waals surface area (Å²) in [7, 11) is -2.17. The van der Waals surface area contributed by atoms with E-state index in [-0.39, 0.29) is 16.5 Å². The molecule has 0 aliphatic carbocycles. The third-order valence-corrected chi connectivity index (χ3v) is 5.07. The van der Waals surface area contributed by atoms with Gasteiger partial charge in [-0.15, -0.1) is 0 Å². The van der Waals surface area contributed by atoms with Crippen molar-refractivity contribution in [1.82, 2.24) is 4.72 Å². The van der Waals surface area contributed by atoms with Crippen LogP contribution in [0.1, 0.15) is 11.1 Å². The molecular formula is C16H17ClFNO3S. The van der Waals surface area contributed by atoms with Gasteiger partial charge in [-0.05, 0) is 43.2 Å². The Morgan fingerprint density at radius 1 is 1.22 bits per heavy atom. The minimum absolute atomic E-state index is 0.0693. The monoisotopic (exact) mass is 357 g/mol. The van der Waals surface area contributed by atoms with E-state index in [1.165, 1.54) is 6.07 Å². The number of sulfonamides is 1. The van der Waals surface area contributed by atoms with Gasteiger partial charge in [0.05, 0.1) is 17.0 Å². The van der Waals surface area contributed by atoms with Gasteiger partial charge in [-0.2, -0.15) is 0 Å². The fourth-order valence-electron chi connectivity index (χ4n) is 2.15. The lowest BCUT2D eigenvalue weighted by atomic mass is 10.1. The van der Waals surface area contributed by atoms with E-state index in [1.54, 1.807) is 7.11 Å². The molecule has 0 unspecified atom stereocenters. The maximum Gasteiger partial charge on any atom is 0.240 e. The molecule has 2 rings (SSSR count). The van der Waals surface area contributed by atoms with E-state index < -0.39 is 15.8 Å². The lowest BCUT2D eigenvalue weighted by Gasteiger charge is -2.11. The summed E-state index contributed by atoms with van der Waals surface area (Å²) in [6.07, 6.45) is 0.471. The van der Waals surface area contributed by atoms with E-state index in [1.807, 2.05) is 25.1 Å². The second-order valence-corrected chi connectivity index (χ2v) is 7.21. The van der Waals surface area contributed by atoms with Crippen LogP contribution in [-0.4, -0.2) is 22.1 Å². The Hall–Kier alpha value is -1.63. The highest BCUT2D eigenvalue weighted by Gasteiger charge is 2.15. The fraction of sp³-hybridized carbons (Fsp3) is 0.250. The molecule has 0 saturated heterocycles. The third-order valence-electron chi connectivity index (χ3n) is 3.32. The number of aryl methyl sites for hydroxylation is 1. The SMILES string of the molecule is COc1ccc(C)cc1CCNS(=O)(=O)c1ccc(F)c(Cl)c1. The van der Waals surface area contributed by atoms with Crippen LogP contribution < -0.4 is 9.46 Å². The van der Waals surface area contributed by atoms with Crippen LogP contribution in [0.2, 0.25) is 5.02 Å². The first-order valence-electron chi connectivity index (χ1n) is 6.92. The second-order valence-electron chi connectivity index (χ2n) is 5.04. The second kappa shape index (κ2) is 7.29. The number of hydrogen-bond donors (Lipinski definition) is 1. The van der Waals surface area contributed by atoms with Crippen molar-refractivity contribution in [2.45, 2.75) is 18.2 Å². The summed E-state index contributed by atoms with van der Waals surface area (Å²) in [5, 5.41) is -0.228. The Morgan fingerprint density at radius 2 is 1.96 bits per heavy atom. The van der Waals surface area contributed by atoms with Gasteiger partial charge in [-0.3, -0.25) is 0 Å². The van der Waals surface area contributed by atoms with Gasteiger partial charge in [0.15, 0.2) is 0 Å². The predicted octanol–water partition coefficient (Wildman–Crippen LogP) is 3.32. The quantitative estimate of drug-likeness (QED) is 0.862.